The van der Waals surface area contributed by atoms with Crippen LogP contribution in [0.5, 0.6) is 5.75 Å². The van der Waals surface area contributed by atoms with Crippen LogP contribution in [-0.4, -0.2) is 15.8 Å². The molecule has 3 aromatic rings. The first-order valence-electron chi connectivity index (χ1n) is 8.03. The molecule has 1 aliphatic heterocycles. The number of aromatic hydroxyl groups is 1. The Morgan fingerprint density at radius 2 is 1.84 bits per heavy atom. The van der Waals surface area contributed by atoms with Crippen molar-refractivity contribution in [2.75, 3.05) is 5.01 Å². The molecule has 0 saturated carbocycles. The van der Waals surface area contributed by atoms with E-state index in [9.17, 15) is 5.11 Å². The van der Waals surface area contributed by atoms with Gasteiger partial charge in [0.1, 0.15) is 5.75 Å². The molecule has 1 aromatic heterocycles. The van der Waals surface area contributed by atoms with Gasteiger partial charge in [0.25, 0.3) is 0 Å². The zero-order valence-corrected chi connectivity index (χ0v) is 14.1. The van der Waals surface area contributed by atoms with Gasteiger partial charge in [-0.3, -0.25) is 9.99 Å². The van der Waals surface area contributed by atoms with Crippen molar-refractivity contribution in [2.24, 2.45) is 5.10 Å². The van der Waals surface area contributed by atoms with Crippen LogP contribution in [0.15, 0.2) is 78.0 Å². The molecule has 1 unspecified atom stereocenters. The van der Waals surface area contributed by atoms with E-state index in [0.717, 1.165) is 29.1 Å². The molecule has 2 aromatic carbocycles. The van der Waals surface area contributed by atoms with Gasteiger partial charge in [-0.15, -0.1) is 0 Å². The fraction of sp³-hybridized carbons (Fsp3) is 0.100. The number of halogens is 1. The Balaban J connectivity index is 1.76. The van der Waals surface area contributed by atoms with Gasteiger partial charge >= 0.3 is 0 Å². The SMILES string of the molecule is Oc1ccc(C2CC(c3ccccn3)=NN2c2cccc(Cl)c2)cc1. The van der Waals surface area contributed by atoms with Gasteiger partial charge < -0.3 is 5.11 Å². The molecule has 4 nitrogen and oxygen atoms in total. The van der Waals surface area contributed by atoms with E-state index >= 15 is 0 Å². The minimum absolute atomic E-state index is 0.0241. The second kappa shape index (κ2) is 6.57. The maximum absolute atomic E-state index is 9.58. The molecule has 124 valence electrons. The van der Waals surface area contributed by atoms with Crippen LogP contribution < -0.4 is 5.01 Å². The highest BCUT2D eigenvalue weighted by Gasteiger charge is 2.30. The highest BCUT2D eigenvalue weighted by atomic mass is 35.5. The minimum Gasteiger partial charge on any atom is -0.508 e. The van der Waals surface area contributed by atoms with Gasteiger partial charge in [0.2, 0.25) is 0 Å². The average Bonchev–Trinajstić information content (AvgIpc) is 3.08. The molecule has 0 bridgehead atoms. The van der Waals surface area contributed by atoms with Crippen molar-refractivity contribution in [3.8, 4) is 5.75 Å². The fourth-order valence-corrected chi connectivity index (χ4v) is 3.20. The number of hydrazone groups is 1. The number of nitrogens with zero attached hydrogens (tertiary/aromatic N) is 3. The van der Waals surface area contributed by atoms with E-state index in [1.165, 1.54) is 0 Å². The number of hydrogen-bond acceptors (Lipinski definition) is 4. The first-order chi connectivity index (χ1) is 12.2. The van der Waals surface area contributed by atoms with Crippen LogP contribution in [0.4, 0.5) is 5.69 Å². The standard InChI is InChI=1S/C20H16ClN3O/c21-15-4-3-5-16(12-15)24-20(14-7-9-17(25)10-8-14)13-19(23-24)18-6-1-2-11-22-18/h1-12,20,25H,13H2. The highest BCUT2D eigenvalue weighted by Crippen LogP contribution is 2.37. The molecule has 1 aliphatic rings. The lowest BCUT2D eigenvalue weighted by atomic mass is 10.00. The minimum atomic E-state index is 0.0241. The third kappa shape index (κ3) is 3.21. The van der Waals surface area contributed by atoms with Gasteiger partial charge in [-0.1, -0.05) is 35.9 Å². The molecule has 25 heavy (non-hydrogen) atoms. The lowest BCUT2D eigenvalue weighted by molar-refractivity contribution is 0.475. The third-order valence-corrected chi connectivity index (χ3v) is 4.46. The lowest BCUT2D eigenvalue weighted by Crippen LogP contribution is -2.18. The van der Waals surface area contributed by atoms with Crippen LogP contribution in [0.25, 0.3) is 0 Å². The second-order valence-corrected chi connectivity index (χ2v) is 6.33. The van der Waals surface area contributed by atoms with Gasteiger partial charge in [0.15, 0.2) is 0 Å². The van der Waals surface area contributed by atoms with E-state index in [1.807, 2.05) is 59.6 Å². The van der Waals surface area contributed by atoms with Crippen molar-refractivity contribution in [3.63, 3.8) is 0 Å². The quantitative estimate of drug-likeness (QED) is 0.739. The van der Waals surface area contributed by atoms with E-state index in [0.29, 0.717) is 5.02 Å². The Labute approximate surface area is 151 Å². The van der Waals surface area contributed by atoms with E-state index in [2.05, 4.69) is 4.98 Å². The van der Waals surface area contributed by atoms with Gasteiger partial charge in [0.05, 0.1) is 23.1 Å². The number of pyridine rings is 1. The molecular weight excluding hydrogens is 334 g/mol. The maximum Gasteiger partial charge on any atom is 0.115 e. The molecule has 0 amide bonds. The smallest absolute Gasteiger partial charge is 0.115 e. The Morgan fingerprint density at radius 1 is 1.00 bits per heavy atom. The van der Waals surface area contributed by atoms with Crippen LogP contribution in [-0.2, 0) is 0 Å². The van der Waals surface area contributed by atoms with Gasteiger partial charge in [-0.2, -0.15) is 5.10 Å². The number of phenols is 1. The Hall–Kier alpha value is -2.85. The van der Waals surface area contributed by atoms with E-state index < -0.39 is 0 Å². The predicted octanol–water partition coefficient (Wildman–Crippen LogP) is 4.80. The summed E-state index contributed by atoms with van der Waals surface area (Å²) in [4.78, 5) is 4.43. The van der Waals surface area contributed by atoms with Crippen molar-refractivity contribution in [1.29, 1.82) is 0 Å². The Kier molecular flexibility index (Phi) is 4.12. The molecule has 0 aliphatic carbocycles. The van der Waals surface area contributed by atoms with Gasteiger partial charge in [-0.25, -0.2) is 0 Å². The highest BCUT2D eigenvalue weighted by molar-refractivity contribution is 6.30. The monoisotopic (exact) mass is 349 g/mol. The molecule has 2 heterocycles. The van der Waals surface area contributed by atoms with Crippen molar-refractivity contribution < 1.29 is 5.11 Å². The van der Waals surface area contributed by atoms with Gasteiger partial charge in [-0.05, 0) is 48.0 Å². The molecule has 1 atom stereocenters. The van der Waals surface area contributed by atoms with Crippen LogP contribution in [0.1, 0.15) is 23.7 Å². The Morgan fingerprint density at radius 3 is 2.56 bits per heavy atom. The summed E-state index contributed by atoms with van der Waals surface area (Å²) in [6, 6.07) is 20.7. The zero-order valence-electron chi connectivity index (χ0n) is 13.4. The molecule has 0 radical (unpaired) electrons. The first kappa shape index (κ1) is 15.7. The summed E-state index contributed by atoms with van der Waals surface area (Å²) in [5.41, 5.74) is 3.80. The van der Waals surface area contributed by atoms with Crippen molar-refractivity contribution in [2.45, 2.75) is 12.5 Å². The largest absolute Gasteiger partial charge is 0.508 e. The molecule has 5 heteroatoms. The third-order valence-electron chi connectivity index (χ3n) is 4.22. The Bertz CT molecular complexity index is 910. The summed E-state index contributed by atoms with van der Waals surface area (Å²) in [7, 11) is 0. The molecule has 4 rings (SSSR count). The summed E-state index contributed by atoms with van der Waals surface area (Å²) >= 11 is 6.17. The van der Waals surface area contributed by atoms with E-state index in [4.69, 9.17) is 16.7 Å². The normalized spacial score (nSPS) is 16.8. The summed E-state index contributed by atoms with van der Waals surface area (Å²) < 4.78 is 0. The second-order valence-electron chi connectivity index (χ2n) is 5.90. The molecule has 0 fully saturated rings. The van der Waals surface area contributed by atoms with Crippen LogP contribution in [0.2, 0.25) is 5.02 Å². The maximum atomic E-state index is 9.58. The number of hydrogen-bond donors (Lipinski definition) is 1. The van der Waals surface area contributed by atoms with Crippen LogP contribution in [0.3, 0.4) is 0 Å². The average molecular weight is 350 g/mol. The summed E-state index contributed by atoms with van der Waals surface area (Å²) in [5.74, 6) is 0.252. The number of anilines is 1. The predicted molar refractivity (Wildman–Crippen MR) is 100 cm³/mol. The van der Waals surface area contributed by atoms with Crippen molar-refractivity contribution in [1.82, 2.24) is 4.98 Å². The molecular formula is C20H16ClN3O. The topological polar surface area (TPSA) is 48.7 Å². The number of aromatic nitrogens is 1. The summed E-state index contributed by atoms with van der Waals surface area (Å²) in [5, 5.41) is 17.0. The molecule has 1 N–H and O–H groups in total. The first-order valence-corrected chi connectivity index (χ1v) is 8.41. The zero-order chi connectivity index (χ0) is 17.2. The molecule has 0 saturated heterocycles. The number of phenolic OH excluding ortho intramolecular Hbond substituents is 1. The van der Waals surface area contributed by atoms with Gasteiger partial charge in [0, 0.05) is 17.6 Å². The van der Waals surface area contributed by atoms with Crippen LogP contribution >= 0.6 is 11.6 Å². The summed E-state index contributed by atoms with van der Waals surface area (Å²) in [6.07, 6.45) is 2.50. The number of benzene rings is 2. The van der Waals surface area contributed by atoms with E-state index in [-0.39, 0.29) is 11.8 Å². The number of rotatable bonds is 3. The lowest BCUT2D eigenvalue weighted by Gasteiger charge is -2.24. The van der Waals surface area contributed by atoms with Crippen LogP contribution in [0, 0.1) is 0 Å². The summed E-state index contributed by atoms with van der Waals surface area (Å²) in [6.45, 7) is 0. The van der Waals surface area contributed by atoms with Crippen molar-refractivity contribution >= 4 is 23.0 Å². The fourth-order valence-electron chi connectivity index (χ4n) is 3.01. The van der Waals surface area contributed by atoms with Crippen molar-refractivity contribution in [3.05, 3.63) is 89.2 Å². The van der Waals surface area contributed by atoms with E-state index in [1.54, 1.807) is 18.3 Å². The molecule has 0 spiro atoms.